The lowest BCUT2D eigenvalue weighted by molar-refractivity contribution is 0.0692. The van der Waals surface area contributed by atoms with Crippen LogP contribution in [0.1, 0.15) is 48.5 Å². The van der Waals surface area contributed by atoms with Crippen molar-refractivity contribution in [3.8, 4) is 0 Å². The number of hydrogen-bond acceptors (Lipinski definition) is 2. The molecule has 0 spiro atoms. The van der Waals surface area contributed by atoms with E-state index in [1.54, 1.807) is 0 Å². The number of benzene rings is 1. The minimum atomic E-state index is 0.214. The van der Waals surface area contributed by atoms with Crippen molar-refractivity contribution in [1.82, 2.24) is 10.2 Å². The van der Waals surface area contributed by atoms with Crippen LogP contribution in [0.4, 0.5) is 0 Å². The Labute approximate surface area is 122 Å². The zero-order valence-electron chi connectivity index (χ0n) is 12.7. The maximum Gasteiger partial charge on any atom is 0.254 e. The van der Waals surface area contributed by atoms with Crippen LogP contribution in [0.15, 0.2) is 24.3 Å². The first-order chi connectivity index (χ1) is 9.77. The number of nitrogens with zero attached hydrogens (tertiary/aromatic N) is 1. The van der Waals surface area contributed by atoms with Crippen LogP contribution in [0.25, 0.3) is 0 Å². The van der Waals surface area contributed by atoms with Gasteiger partial charge in [0.15, 0.2) is 0 Å². The van der Waals surface area contributed by atoms with Crippen molar-refractivity contribution in [2.24, 2.45) is 0 Å². The van der Waals surface area contributed by atoms with Crippen molar-refractivity contribution in [2.45, 2.75) is 45.1 Å². The monoisotopic (exact) mass is 274 g/mol. The van der Waals surface area contributed by atoms with Crippen molar-refractivity contribution >= 4 is 5.91 Å². The number of rotatable bonds is 6. The molecule has 1 aliphatic carbocycles. The topological polar surface area (TPSA) is 32.3 Å². The molecule has 3 nitrogen and oxygen atoms in total. The Morgan fingerprint density at radius 1 is 1.30 bits per heavy atom. The lowest BCUT2D eigenvalue weighted by Gasteiger charge is -2.28. The van der Waals surface area contributed by atoms with Gasteiger partial charge in [-0.05, 0) is 51.4 Å². The van der Waals surface area contributed by atoms with E-state index in [1.807, 2.05) is 25.2 Å². The van der Waals surface area contributed by atoms with Crippen LogP contribution in [0.3, 0.4) is 0 Å². The van der Waals surface area contributed by atoms with Crippen LogP contribution in [0.2, 0.25) is 0 Å². The third-order valence-electron chi connectivity index (χ3n) is 4.26. The first-order valence-corrected chi connectivity index (χ1v) is 7.81. The highest BCUT2D eigenvalue weighted by atomic mass is 16.2. The normalized spacial score (nSPS) is 15.5. The number of likely N-dealkylation sites (N-methyl/N-ethyl adjacent to an activating group) is 1. The van der Waals surface area contributed by atoms with Crippen LogP contribution in [0, 0.1) is 0 Å². The predicted octanol–water partition coefficient (Wildman–Crippen LogP) is 2.85. The van der Waals surface area contributed by atoms with Gasteiger partial charge in [0.05, 0.1) is 0 Å². The third-order valence-corrected chi connectivity index (χ3v) is 4.26. The summed E-state index contributed by atoms with van der Waals surface area (Å²) in [5.41, 5.74) is 2.04. The van der Waals surface area contributed by atoms with Crippen molar-refractivity contribution < 1.29 is 4.79 Å². The highest BCUT2D eigenvalue weighted by Crippen LogP contribution is 2.25. The molecule has 0 bridgehead atoms. The van der Waals surface area contributed by atoms with Crippen LogP contribution in [-0.2, 0) is 6.42 Å². The van der Waals surface area contributed by atoms with Gasteiger partial charge in [0.1, 0.15) is 0 Å². The van der Waals surface area contributed by atoms with E-state index in [1.165, 1.54) is 12.8 Å². The lowest BCUT2D eigenvalue weighted by atomic mass is 10.0. The minimum Gasteiger partial charge on any atom is -0.336 e. The van der Waals surface area contributed by atoms with Gasteiger partial charge in [-0.3, -0.25) is 4.79 Å². The summed E-state index contributed by atoms with van der Waals surface area (Å²) in [4.78, 5) is 14.9. The Kier molecular flexibility index (Phi) is 5.60. The fraction of sp³-hybridized carbons (Fsp3) is 0.588. The SMILES string of the molecule is CCN(C(=O)c1ccccc1CCNC)C1CCCC1. The molecule has 1 aromatic rings. The average Bonchev–Trinajstić information content (AvgIpc) is 3.00. The highest BCUT2D eigenvalue weighted by molar-refractivity contribution is 5.96. The Balaban J connectivity index is 2.17. The number of carbonyl (C=O) groups is 1. The smallest absolute Gasteiger partial charge is 0.254 e. The first-order valence-electron chi connectivity index (χ1n) is 7.81. The molecule has 0 aliphatic heterocycles. The summed E-state index contributed by atoms with van der Waals surface area (Å²) in [6, 6.07) is 8.49. The van der Waals surface area contributed by atoms with Gasteiger partial charge in [0, 0.05) is 18.2 Å². The maximum absolute atomic E-state index is 12.9. The molecule has 3 heteroatoms. The van der Waals surface area contributed by atoms with Gasteiger partial charge in [0.25, 0.3) is 5.91 Å². The van der Waals surface area contributed by atoms with E-state index < -0.39 is 0 Å². The van der Waals surface area contributed by atoms with Gasteiger partial charge in [-0.25, -0.2) is 0 Å². The fourth-order valence-corrected chi connectivity index (χ4v) is 3.14. The molecule has 20 heavy (non-hydrogen) atoms. The molecule has 0 atom stereocenters. The molecule has 0 saturated heterocycles. The van der Waals surface area contributed by atoms with E-state index >= 15 is 0 Å². The van der Waals surface area contributed by atoms with Gasteiger partial charge in [-0.15, -0.1) is 0 Å². The Morgan fingerprint density at radius 3 is 2.65 bits per heavy atom. The standard InChI is InChI=1S/C17H26N2O/c1-3-19(15-9-5-6-10-15)17(20)16-11-7-4-8-14(16)12-13-18-2/h4,7-8,11,15,18H,3,5-6,9-10,12-13H2,1-2H3. The molecular weight excluding hydrogens is 248 g/mol. The molecule has 1 N–H and O–H groups in total. The quantitative estimate of drug-likeness (QED) is 0.865. The maximum atomic E-state index is 12.9. The molecule has 1 fully saturated rings. The number of nitrogens with one attached hydrogen (secondary N) is 1. The Morgan fingerprint density at radius 2 is 2.00 bits per heavy atom. The second kappa shape index (κ2) is 7.44. The summed E-state index contributed by atoms with van der Waals surface area (Å²) >= 11 is 0. The van der Waals surface area contributed by atoms with E-state index in [4.69, 9.17) is 0 Å². The molecule has 0 heterocycles. The Hall–Kier alpha value is -1.35. The summed E-state index contributed by atoms with van der Waals surface area (Å²) in [6.45, 7) is 3.80. The van der Waals surface area contributed by atoms with Crippen molar-refractivity contribution in [3.63, 3.8) is 0 Å². The van der Waals surface area contributed by atoms with E-state index in [2.05, 4.69) is 23.2 Å². The Bertz CT molecular complexity index is 438. The van der Waals surface area contributed by atoms with Crippen molar-refractivity contribution in [3.05, 3.63) is 35.4 Å². The summed E-state index contributed by atoms with van der Waals surface area (Å²) in [6.07, 6.45) is 5.75. The van der Waals surface area contributed by atoms with E-state index in [-0.39, 0.29) is 5.91 Å². The van der Waals surface area contributed by atoms with E-state index in [0.29, 0.717) is 6.04 Å². The van der Waals surface area contributed by atoms with Crippen LogP contribution in [-0.4, -0.2) is 37.0 Å². The van der Waals surface area contributed by atoms with E-state index in [9.17, 15) is 4.79 Å². The second-order valence-electron chi connectivity index (χ2n) is 5.54. The number of amides is 1. The lowest BCUT2D eigenvalue weighted by Crippen LogP contribution is -2.39. The summed E-state index contributed by atoms with van der Waals surface area (Å²) < 4.78 is 0. The largest absolute Gasteiger partial charge is 0.336 e. The molecule has 1 saturated carbocycles. The molecular formula is C17H26N2O. The van der Waals surface area contributed by atoms with E-state index in [0.717, 1.165) is 43.5 Å². The highest BCUT2D eigenvalue weighted by Gasteiger charge is 2.27. The first kappa shape index (κ1) is 15.0. The molecule has 110 valence electrons. The van der Waals surface area contributed by atoms with Crippen LogP contribution < -0.4 is 5.32 Å². The average molecular weight is 274 g/mol. The second-order valence-corrected chi connectivity index (χ2v) is 5.54. The zero-order chi connectivity index (χ0) is 14.4. The molecule has 1 aromatic carbocycles. The zero-order valence-corrected chi connectivity index (χ0v) is 12.7. The molecule has 2 rings (SSSR count). The van der Waals surface area contributed by atoms with Gasteiger partial charge < -0.3 is 10.2 Å². The number of carbonyl (C=O) groups excluding carboxylic acids is 1. The number of hydrogen-bond donors (Lipinski definition) is 1. The van der Waals surface area contributed by atoms with Crippen LogP contribution >= 0.6 is 0 Å². The molecule has 0 aromatic heterocycles. The van der Waals surface area contributed by atoms with Gasteiger partial charge in [0.2, 0.25) is 0 Å². The fourth-order valence-electron chi connectivity index (χ4n) is 3.14. The molecule has 0 radical (unpaired) electrons. The third kappa shape index (κ3) is 3.40. The molecule has 1 amide bonds. The van der Waals surface area contributed by atoms with Crippen molar-refractivity contribution in [1.29, 1.82) is 0 Å². The van der Waals surface area contributed by atoms with Gasteiger partial charge in [-0.1, -0.05) is 31.0 Å². The molecule has 0 unspecified atom stereocenters. The summed E-state index contributed by atoms with van der Waals surface area (Å²) in [5, 5.41) is 3.16. The van der Waals surface area contributed by atoms with Gasteiger partial charge >= 0.3 is 0 Å². The summed E-state index contributed by atoms with van der Waals surface area (Å²) in [7, 11) is 1.95. The van der Waals surface area contributed by atoms with Crippen molar-refractivity contribution in [2.75, 3.05) is 20.1 Å². The molecule has 1 aliphatic rings. The predicted molar refractivity (Wildman–Crippen MR) is 83.0 cm³/mol. The van der Waals surface area contributed by atoms with Gasteiger partial charge in [-0.2, -0.15) is 0 Å². The van der Waals surface area contributed by atoms with Crippen LogP contribution in [0.5, 0.6) is 0 Å². The summed E-state index contributed by atoms with van der Waals surface area (Å²) in [5.74, 6) is 0.214. The minimum absolute atomic E-state index is 0.214.